The van der Waals surface area contributed by atoms with E-state index in [4.69, 9.17) is 4.74 Å². The number of aromatic nitrogens is 2. The zero-order chi connectivity index (χ0) is 21.8. The number of hydrogen-bond donors (Lipinski definition) is 2. The van der Waals surface area contributed by atoms with Gasteiger partial charge in [0.05, 0.1) is 6.10 Å². The third kappa shape index (κ3) is 7.78. The van der Waals surface area contributed by atoms with Gasteiger partial charge in [-0.3, -0.25) is 9.79 Å². The topological polar surface area (TPSA) is 95.0 Å². The van der Waals surface area contributed by atoms with E-state index in [1.54, 1.807) is 25.5 Å². The number of carbonyl (C=O) groups excluding carboxylic acids is 1. The zero-order valence-corrected chi connectivity index (χ0v) is 18.8. The summed E-state index contributed by atoms with van der Waals surface area (Å²) in [7, 11) is 1.74. The Kier molecular flexibility index (Phi) is 10.3. The van der Waals surface area contributed by atoms with E-state index in [1.165, 1.54) is 0 Å². The molecule has 1 unspecified atom stereocenters. The van der Waals surface area contributed by atoms with Crippen LogP contribution in [-0.2, 0) is 9.53 Å². The highest BCUT2D eigenvalue weighted by Gasteiger charge is 2.22. The molecule has 0 bridgehead atoms. The SMILES string of the molecule is CCOC(CCNC(=NC)NCCC(=O)N1CCN(c2ncccn2)CC1)C(C)C. The molecule has 0 saturated carbocycles. The maximum Gasteiger partial charge on any atom is 0.225 e. The van der Waals surface area contributed by atoms with Gasteiger partial charge in [-0.2, -0.15) is 0 Å². The fourth-order valence-corrected chi connectivity index (χ4v) is 3.43. The number of nitrogens with one attached hydrogen (secondary N) is 2. The lowest BCUT2D eigenvalue weighted by atomic mass is 10.0. The van der Waals surface area contributed by atoms with Crippen molar-refractivity contribution in [2.75, 3.05) is 57.8 Å². The monoisotopic (exact) mass is 419 g/mol. The van der Waals surface area contributed by atoms with Crippen molar-refractivity contribution in [1.82, 2.24) is 25.5 Å². The summed E-state index contributed by atoms with van der Waals surface area (Å²) in [5.74, 6) is 2.08. The molecule has 0 radical (unpaired) electrons. The molecule has 1 atom stereocenters. The summed E-state index contributed by atoms with van der Waals surface area (Å²) >= 11 is 0. The minimum Gasteiger partial charge on any atom is -0.378 e. The maximum absolute atomic E-state index is 12.5. The molecule has 9 heteroatoms. The maximum atomic E-state index is 12.5. The zero-order valence-electron chi connectivity index (χ0n) is 18.8. The van der Waals surface area contributed by atoms with Gasteiger partial charge in [0.1, 0.15) is 0 Å². The Morgan fingerprint density at radius 3 is 2.43 bits per heavy atom. The summed E-state index contributed by atoms with van der Waals surface area (Å²) in [6, 6.07) is 1.81. The van der Waals surface area contributed by atoms with Crippen molar-refractivity contribution in [1.29, 1.82) is 0 Å². The van der Waals surface area contributed by atoms with Gasteiger partial charge in [-0.25, -0.2) is 9.97 Å². The number of hydrogen-bond acceptors (Lipinski definition) is 6. The summed E-state index contributed by atoms with van der Waals surface area (Å²) in [5.41, 5.74) is 0. The number of rotatable bonds is 10. The van der Waals surface area contributed by atoms with E-state index in [0.717, 1.165) is 38.6 Å². The summed E-state index contributed by atoms with van der Waals surface area (Å²) in [6.45, 7) is 11.3. The first kappa shape index (κ1) is 23.9. The molecule has 2 heterocycles. The number of nitrogens with zero attached hydrogens (tertiary/aromatic N) is 5. The highest BCUT2D eigenvalue weighted by atomic mass is 16.5. The van der Waals surface area contributed by atoms with Crippen molar-refractivity contribution in [2.24, 2.45) is 10.9 Å². The fourth-order valence-electron chi connectivity index (χ4n) is 3.43. The molecule has 2 rings (SSSR count). The van der Waals surface area contributed by atoms with E-state index in [9.17, 15) is 4.79 Å². The third-order valence-electron chi connectivity index (χ3n) is 5.17. The van der Waals surface area contributed by atoms with Gasteiger partial charge in [-0.1, -0.05) is 13.8 Å². The molecule has 0 spiro atoms. The second-order valence-corrected chi connectivity index (χ2v) is 7.62. The van der Waals surface area contributed by atoms with Crippen LogP contribution in [0.15, 0.2) is 23.5 Å². The summed E-state index contributed by atoms with van der Waals surface area (Å²) in [6.07, 6.45) is 5.08. The smallest absolute Gasteiger partial charge is 0.225 e. The van der Waals surface area contributed by atoms with Gasteiger partial charge in [-0.15, -0.1) is 0 Å². The number of guanidine groups is 1. The first-order valence-electron chi connectivity index (χ1n) is 10.9. The second kappa shape index (κ2) is 13.0. The molecular weight excluding hydrogens is 382 g/mol. The lowest BCUT2D eigenvalue weighted by Crippen LogP contribution is -2.50. The average Bonchev–Trinajstić information content (AvgIpc) is 2.77. The molecule has 30 heavy (non-hydrogen) atoms. The highest BCUT2D eigenvalue weighted by Crippen LogP contribution is 2.11. The van der Waals surface area contributed by atoms with Crippen LogP contribution < -0.4 is 15.5 Å². The molecule has 1 saturated heterocycles. The van der Waals surface area contributed by atoms with E-state index in [0.29, 0.717) is 37.9 Å². The molecular formula is C21H37N7O2. The van der Waals surface area contributed by atoms with Crippen molar-refractivity contribution in [3.8, 4) is 0 Å². The lowest BCUT2D eigenvalue weighted by molar-refractivity contribution is -0.131. The molecule has 0 aromatic carbocycles. The molecule has 9 nitrogen and oxygen atoms in total. The second-order valence-electron chi connectivity index (χ2n) is 7.62. The molecule has 1 fully saturated rings. The quantitative estimate of drug-likeness (QED) is 0.434. The summed E-state index contributed by atoms with van der Waals surface area (Å²) in [4.78, 5) is 29.3. The molecule has 1 amide bonds. The molecule has 1 aromatic heterocycles. The third-order valence-corrected chi connectivity index (χ3v) is 5.17. The van der Waals surface area contributed by atoms with Crippen LogP contribution in [0.5, 0.6) is 0 Å². The van der Waals surface area contributed by atoms with Crippen molar-refractivity contribution in [3.63, 3.8) is 0 Å². The van der Waals surface area contributed by atoms with Crippen molar-refractivity contribution >= 4 is 17.8 Å². The number of aliphatic imine (C=N–C) groups is 1. The van der Waals surface area contributed by atoms with Crippen molar-refractivity contribution in [2.45, 2.75) is 39.7 Å². The standard InChI is InChI=1S/C21H37N7O2/c1-5-30-18(17(2)3)7-11-23-20(22-4)24-12-8-19(29)27-13-15-28(16-14-27)21-25-9-6-10-26-21/h6,9-10,17-18H,5,7-8,11-16H2,1-4H3,(H2,22,23,24). The van der Waals surface area contributed by atoms with Crippen LogP contribution in [0.1, 0.15) is 33.6 Å². The highest BCUT2D eigenvalue weighted by molar-refractivity contribution is 5.81. The predicted molar refractivity (Wildman–Crippen MR) is 120 cm³/mol. The number of amides is 1. The Balaban J connectivity index is 1.64. The molecule has 1 aliphatic rings. The van der Waals surface area contributed by atoms with E-state index < -0.39 is 0 Å². The number of carbonyl (C=O) groups is 1. The lowest BCUT2D eigenvalue weighted by Gasteiger charge is -2.34. The first-order valence-corrected chi connectivity index (χ1v) is 10.9. The Morgan fingerprint density at radius 1 is 1.17 bits per heavy atom. The molecule has 1 aromatic rings. The van der Waals surface area contributed by atoms with Crippen LogP contribution in [-0.4, -0.2) is 85.8 Å². The van der Waals surface area contributed by atoms with Crippen LogP contribution in [0.3, 0.4) is 0 Å². The van der Waals surface area contributed by atoms with Crippen molar-refractivity contribution in [3.05, 3.63) is 18.5 Å². The summed E-state index contributed by atoms with van der Waals surface area (Å²) in [5, 5.41) is 6.53. The average molecular weight is 420 g/mol. The Hall–Kier alpha value is -2.42. The Bertz CT molecular complexity index is 646. The molecule has 168 valence electrons. The van der Waals surface area contributed by atoms with Gasteiger partial charge >= 0.3 is 0 Å². The van der Waals surface area contributed by atoms with Gasteiger partial charge in [0.15, 0.2) is 5.96 Å². The fraction of sp³-hybridized carbons (Fsp3) is 0.714. The normalized spacial score (nSPS) is 16.0. The van der Waals surface area contributed by atoms with Crippen LogP contribution in [0, 0.1) is 5.92 Å². The van der Waals surface area contributed by atoms with E-state index >= 15 is 0 Å². The Labute approximate surface area is 180 Å². The minimum atomic E-state index is 0.155. The van der Waals surface area contributed by atoms with Crippen LogP contribution in [0.2, 0.25) is 0 Å². The summed E-state index contributed by atoms with van der Waals surface area (Å²) < 4.78 is 5.77. The van der Waals surface area contributed by atoms with E-state index in [-0.39, 0.29) is 12.0 Å². The number of piperazine rings is 1. The molecule has 2 N–H and O–H groups in total. The van der Waals surface area contributed by atoms with Crippen LogP contribution in [0.4, 0.5) is 5.95 Å². The van der Waals surface area contributed by atoms with Gasteiger partial charge < -0.3 is 25.2 Å². The van der Waals surface area contributed by atoms with Crippen LogP contribution >= 0.6 is 0 Å². The van der Waals surface area contributed by atoms with Crippen molar-refractivity contribution < 1.29 is 9.53 Å². The van der Waals surface area contributed by atoms with E-state index in [1.807, 2.05) is 11.8 Å². The molecule has 0 aliphatic carbocycles. The van der Waals surface area contributed by atoms with Gasteiger partial charge in [-0.05, 0) is 25.3 Å². The van der Waals surface area contributed by atoms with E-state index in [2.05, 4.69) is 44.3 Å². The first-order chi connectivity index (χ1) is 14.5. The largest absolute Gasteiger partial charge is 0.378 e. The number of ether oxygens (including phenoxy) is 1. The predicted octanol–water partition coefficient (Wildman–Crippen LogP) is 1.13. The number of anilines is 1. The van der Waals surface area contributed by atoms with Gasteiger partial charge in [0.25, 0.3) is 0 Å². The van der Waals surface area contributed by atoms with Crippen LogP contribution in [0.25, 0.3) is 0 Å². The molecule has 1 aliphatic heterocycles. The Morgan fingerprint density at radius 2 is 1.83 bits per heavy atom. The van der Waals surface area contributed by atoms with Gasteiger partial charge in [0.2, 0.25) is 11.9 Å². The minimum absolute atomic E-state index is 0.155. The van der Waals surface area contributed by atoms with Gasteiger partial charge in [0, 0.05) is 71.7 Å².